The highest BCUT2D eigenvalue weighted by Crippen LogP contribution is 2.29. The predicted molar refractivity (Wildman–Crippen MR) is 119 cm³/mol. The lowest BCUT2D eigenvalue weighted by atomic mass is 10.2. The minimum atomic E-state index is -0.315. The second-order valence-electron chi connectivity index (χ2n) is 7.35. The molecule has 9 nitrogen and oxygen atoms in total. The summed E-state index contributed by atoms with van der Waals surface area (Å²) in [5, 5.41) is 5.35. The van der Waals surface area contributed by atoms with Crippen LogP contribution in [0.1, 0.15) is 27.2 Å². The van der Waals surface area contributed by atoms with Gasteiger partial charge in [-0.05, 0) is 18.4 Å². The van der Waals surface area contributed by atoms with Gasteiger partial charge >= 0.3 is 6.09 Å². The first-order chi connectivity index (χ1) is 15.0. The molecular formula is C20H25N5O4S2. The van der Waals surface area contributed by atoms with Crippen LogP contribution in [0.15, 0.2) is 17.5 Å². The molecule has 0 bridgehead atoms. The lowest BCUT2D eigenvalue weighted by molar-refractivity contribution is -0.134. The number of carbonyl (C=O) groups is 3. The fourth-order valence-corrected chi connectivity index (χ4v) is 5.31. The van der Waals surface area contributed by atoms with Crippen molar-refractivity contribution in [2.45, 2.75) is 19.9 Å². The number of anilines is 1. The maximum absolute atomic E-state index is 12.7. The minimum Gasteiger partial charge on any atom is -0.450 e. The number of ether oxygens (including phenoxy) is 1. The number of hydrogen-bond acceptors (Lipinski definition) is 8. The fourth-order valence-electron chi connectivity index (χ4n) is 3.65. The maximum Gasteiger partial charge on any atom is 0.409 e. The average molecular weight is 464 g/mol. The molecule has 3 amide bonds. The zero-order chi connectivity index (χ0) is 21.8. The molecule has 1 fully saturated rings. The van der Waals surface area contributed by atoms with Crippen molar-refractivity contribution in [2.24, 2.45) is 0 Å². The number of piperazine rings is 1. The van der Waals surface area contributed by atoms with Crippen LogP contribution < -0.4 is 5.32 Å². The summed E-state index contributed by atoms with van der Waals surface area (Å²) in [7, 11) is 0. The van der Waals surface area contributed by atoms with Gasteiger partial charge in [0.2, 0.25) is 5.91 Å². The second kappa shape index (κ2) is 9.75. The van der Waals surface area contributed by atoms with Crippen LogP contribution in [-0.2, 0) is 22.5 Å². The summed E-state index contributed by atoms with van der Waals surface area (Å²) < 4.78 is 5.02. The van der Waals surface area contributed by atoms with Crippen molar-refractivity contribution in [3.63, 3.8) is 0 Å². The summed E-state index contributed by atoms with van der Waals surface area (Å²) in [6.07, 6.45) is 0.440. The zero-order valence-electron chi connectivity index (χ0n) is 17.3. The second-order valence-corrected chi connectivity index (χ2v) is 9.38. The molecule has 2 aromatic rings. The van der Waals surface area contributed by atoms with Crippen molar-refractivity contribution in [3.8, 4) is 0 Å². The lowest BCUT2D eigenvalue weighted by Crippen LogP contribution is -2.53. The monoisotopic (exact) mass is 463 g/mol. The summed E-state index contributed by atoms with van der Waals surface area (Å²) in [6, 6.07) is 3.63. The molecule has 31 heavy (non-hydrogen) atoms. The Balaban J connectivity index is 1.27. The van der Waals surface area contributed by atoms with Crippen LogP contribution in [0.4, 0.5) is 9.93 Å². The van der Waals surface area contributed by atoms with E-state index in [-0.39, 0.29) is 17.9 Å². The summed E-state index contributed by atoms with van der Waals surface area (Å²) in [4.78, 5) is 48.7. The SMILES string of the molecule is CCOC(=O)N1CCN(C(=O)CN2CCc3nc(NC(=O)c4cccs4)sc3C2)CC1. The van der Waals surface area contributed by atoms with Crippen LogP contribution in [0.3, 0.4) is 0 Å². The van der Waals surface area contributed by atoms with E-state index in [1.165, 1.54) is 22.7 Å². The number of thiazole rings is 1. The first-order valence-corrected chi connectivity index (χ1v) is 12.0. The van der Waals surface area contributed by atoms with E-state index >= 15 is 0 Å². The van der Waals surface area contributed by atoms with Crippen LogP contribution in [-0.4, -0.2) is 83.5 Å². The molecular weight excluding hydrogens is 438 g/mol. The van der Waals surface area contributed by atoms with E-state index in [9.17, 15) is 14.4 Å². The number of amides is 3. The Morgan fingerprint density at radius 3 is 2.65 bits per heavy atom. The first-order valence-electron chi connectivity index (χ1n) is 10.3. The van der Waals surface area contributed by atoms with Crippen molar-refractivity contribution in [2.75, 3.05) is 51.2 Å². The van der Waals surface area contributed by atoms with E-state index in [1.807, 2.05) is 16.3 Å². The number of nitrogens with zero attached hydrogens (tertiary/aromatic N) is 4. The molecule has 4 rings (SSSR count). The third-order valence-corrected chi connectivity index (χ3v) is 7.16. The van der Waals surface area contributed by atoms with E-state index in [4.69, 9.17) is 4.74 Å². The topological polar surface area (TPSA) is 95.1 Å². The predicted octanol–water partition coefficient (Wildman–Crippen LogP) is 2.12. The van der Waals surface area contributed by atoms with Gasteiger partial charge < -0.3 is 14.5 Å². The van der Waals surface area contributed by atoms with E-state index in [2.05, 4.69) is 15.2 Å². The van der Waals surface area contributed by atoms with Gasteiger partial charge in [0, 0.05) is 50.6 Å². The van der Waals surface area contributed by atoms with Crippen molar-refractivity contribution < 1.29 is 19.1 Å². The lowest BCUT2D eigenvalue weighted by Gasteiger charge is -2.35. The maximum atomic E-state index is 12.7. The molecule has 0 spiro atoms. The van der Waals surface area contributed by atoms with Gasteiger partial charge in [0.05, 0.1) is 23.7 Å². The highest BCUT2D eigenvalue weighted by molar-refractivity contribution is 7.16. The molecule has 1 N–H and O–H groups in total. The molecule has 2 aliphatic heterocycles. The first kappa shape index (κ1) is 21.7. The highest BCUT2D eigenvalue weighted by atomic mass is 32.1. The van der Waals surface area contributed by atoms with Gasteiger partial charge in [0.15, 0.2) is 5.13 Å². The van der Waals surface area contributed by atoms with Gasteiger partial charge in [-0.2, -0.15) is 0 Å². The van der Waals surface area contributed by atoms with Gasteiger partial charge in [-0.25, -0.2) is 9.78 Å². The summed E-state index contributed by atoms with van der Waals surface area (Å²) in [5.41, 5.74) is 0.998. The molecule has 0 unspecified atom stereocenters. The normalized spacial score (nSPS) is 16.7. The Hall–Kier alpha value is -2.50. The molecule has 2 aromatic heterocycles. The van der Waals surface area contributed by atoms with E-state index < -0.39 is 0 Å². The van der Waals surface area contributed by atoms with Gasteiger partial charge in [-0.15, -0.1) is 22.7 Å². The third kappa shape index (κ3) is 5.23. The molecule has 166 valence electrons. The smallest absolute Gasteiger partial charge is 0.409 e. The molecule has 0 aliphatic carbocycles. The molecule has 0 saturated carbocycles. The molecule has 0 atom stereocenters. The van der Waals surface area contributed by atoms with Crippen LogP contribution in [0.5, 0.6) is 0 Å². The van der Waals surface area contributed by atoms with Crippen molar-refractivity contribution in [1.82, 2.24) is 19.7 Å². The summed E-state index contributed by atoms with van der Waals surface area (Å²) in [5.74, 6) is -0.0715. The Bertz CT molecular complexity index is 938. The van der Waals surface area contributed by atoms with E-state index in [1.54, 1.807) is 17.9 Å². The molecule has 4 heterocycles. The minimum absolute atomic E-state index is 0.0719. The number of thiophene rings is 1. The van der Waals surface area contributed by atoms with Crippen molar-refractivity contribution >= 4 is 45.7 Å². The molecule has 1 saturated heterocycles. The van der Waals surface area contributed by atoms with Crippen LogP contribution in [0.25, 0.3) is 0 Å². The summed E-state index contributed by atoms with van der Waals surface area (Å²) >= 11 is 2.87. The number of aromatic nitrogens is 1. The number of fused-ring (bicyclic) bond motifs is 1. The average Bonchev–Trinajstić information content (AvgIpc) is 3.43. The Kier molecular flexibility index (Phi) is 6.83. The standard InChI is InChI=1S/C20H25N5O4S2/c1-2-29-20(28)25-9-7-24(8-10-25)17(26)13-23-6-5-14-16(12-23)31-19(21-14)22-18(27)15-4-3-11-30-15/h3-4,11H,2,5-10,12-13H2,1H3,(H,21,22,27). The third-order valence-electron chi connectivity index (χ3n) is 5.29. The van der Waals surface area contributed by atoms with Crippen LogP contribution >= 0.6 is 22.7 Å². The molecule has 11 heteroatoms. The van der Waals surface area contributed by atoms with Crippen LogP contribution in [0, 0.1) is 0 Å². The van der Waals surface area contributed by atoms with Gasteiger partial charge in [-0.3, -0.25) is 19.8 Å². The van der Waals surface area contributed by atoms with Crippen molar-refractivity contribution in [3.05, 3.63) is 33.0 Å². The highest BCUT2D eigenvalue weighted by Gasteiger charge is 2.28. The number of nitrogens with one attached hydrogen (secondary N) is 1. The van der Waals surface area contributed by atoms with Crippen molar-refractivity contribution in [1.29, 1.82) is 0 Å². The quantitative estimate of drug-likeness (QED) is 0.730. The number of rotatable bonds is 5. The number of carbonyl (C=O) groups excluding carboxylic acids is 3. The van der Waals surface area contributed by atoms with Crippen LogP contribution in [0.2, 0.25) is 0 Å². The molecule has 0 radical (unpaired) electrons. The van der Waals surface area contributed by atoms with Gasteiger partial charge in [0.25, 0.3) is 5.91 Å². The molecule has 2 aliphatic rings. The molecule has 0 aromatic carbocycles. The number of hydrogen-bond donors (Lipinski definition) is 1. The Morgan fingerprint density at radius 1 is 1.16 bits per heavy atom. The summed E-state index contributed by atoms with van der Waals surface area (Å²) in [6.45, 7) is 5.92. The fraction of sp³-hybridized carbons (Fsp3) is 0.500. The van der Waals surface area contributed by atoms with E-state index in [0.29, 0.717) is 55.9 Å². The van der Waals surface area contributed by atoms with Gasteiger partial charge in [-0.1, -0.05) is 6.07 Å². The Morgan fingerprint density at radius 2 is 1.94 bits per heavy atom. The largest absolute Gasteiger partial charge is 0.450 e. The van der Waals surface area contributed by atoms with Gasteiger partial charge in [0.1, 0.15) is 0 Å². The Labute approximate surface area is 188 Å². The zero-order valence-corrected chi connectivity index (χ0v) is 19.0. The van der Waals surface area contributed by atoms with E-state index in [0.717, 1.165) is 23.5 Å².